The molecule has 1 fully saturated rings. The molecule has 6 nitrogen and oxygen atoms in total. The van der Waals surface area contributed by atoms with Gasteiger partial charge in [0.2, 0.25) is 0 Å². The smallest absolute Gasteiger partial charge is 0.300 e. The number of nitrogens with one attached hydrogen (secondary N) is 1. The van der Waals surface area contributed by atoms with Gasteiger partial charge in [-0.1, -0.05) is 17.7 Å². The third kappa shape index (κ3) is 3.26. The molecule has 20 heavy (non-hydrogen) atoms. The van der Waals surface area contributed by atoms with Gasteiger partial charge in [-0.3, -0.25) is 14.9 Å². The highest BCUT2D eigenvalue weighted by Crippen LogP contribution is 2.28. The summed E-state index contributed by atoms with van der Waals surface area (Å²) < 4.78 is 0. The third-order valence-electron chi connectivity index (χ3n) is 3.48. The van der Waals surface area contributed by atoms with E-state index in [4.69, 9.17) is 11.6 Å². The van der Waals surface area contributed by atoms with Crippen LogP contribution in [0.15, 0.2) is 18.2 Å². The van der Waals surface area contributed by atoms with Gasteiger partial charge in [0.25, 0.3) is 5.91 Å². The highest BCUT2D eigenvalue weighted by atomic mass is 35.5. The minimum Gasteiger partial charge on any atom is -0.393 e. The number of nitrogens with zero attached hydrogens (tertiary/aromatic N) is 1. The lowest BCUT2D eigenvalue weighted by Gasteiger charge is -2.11. The Labute approximate surface area is 120 Å². The topological polar surface area (TPSA) is 92.5 Å². The number of aliphatic hydroxyl groups excluding tert-OH is 1. The molecule has 0 aliphatic heterocycles. The molecule has 2 rings (SSSR count). The fourth-order valence-electron chi connectivity index (χ4n) is 2.45. The van der Waals surface area contributed by atoms with Crippen LogP contribution in [0.4, 0.5) is 5.69 Å². The molecule has 1 aliphatic rings. The number of nitro benzene ring substituents is 1. The van der Waals surface area contributed by atoms with Crippen molar-refractivity contribution in [1.29, 1.82) is 0 Å². The Morgan fingerprint density at radius 3 is 2.85 bits per heavy atom. The average molecular weight is 299 g/mol. The van der Waals surface area contributed by atoms with E-state index in [0.717, 1.165) is 12.8 Å². The van der Waals surface area contributed by atoms with E-state index in [2.05, 4.69) is 5.32 Å². The molecule has 0 saturated heterocycles. The van der Waals surface area contributed by atoms with Gasteiger partial charge < -0.3 is 10.4 Å². The number of hydrogen-bond acceptors (Lipinski definition) is 4. The van der Waals surface area contributed by atoms with E-state index < -0.39 is 10.8 Å². The lowest BCUT2D eigenvalue weighted by molar-refractivity contribution is -0.385. The van der Waals surface area contributed by atoms with Crippen LogP contribution in [-0.2, 0) is 0 Å². The number of rotatable bonds is 4. The van der Waals surface area contributed by atoms with Crippen LogP contribution in [0.3, 0.4) is 0 Å². The van der Waals surface area contributed by atoms with E-state index in [9.17, 15) is 20.0 Å². The lowest BCUT2D eigenvalue weighted by atomic mass is 10.1. The predicted molar refractivity (Wildman–Crippen MR) is 73.8 cm³/mol. The molecule has 1 aromatic rings. The Hall–Kier alpha value is -1.66. The Balaban J connectivity index is 2.06. The van der Waals surface area contributed by atoms with Crippen LogP contribution in [0.5, 0.6) is 0 Å². The van der Waals surface area contributed by atoms with Crippen molar-refractivity contribution in [3.8, 4) is 0 Å². The van der Waals surface area contributed by atoms with E-state index in [0.29, 0.717) is 13.0 Å². The molecule has 0 spiro atoms. The number of halogens is 1. The van der Waals surface area contributed by atoms with Gasteiger partial charge in [-0.05, 0) is 37.3 Å². The first-order chi connectivity index (χ1) is 9.49. The quantitative estimate of drug-likeness (QED) is 0.658. The van der Waals surface area contributed by atoms with Gasteiger partial charge in [0.15, 0.2) is 0 Å². The summed E-state index contributed by atoms with van der Waals surface area (Å²) in [4.78, 5) is 22.3. The minimum atomic E-state index is -0.656. The second-order valence-corrected chi connectivity index (χ2v) is 5.34. The largest absolute Gasteiger partial charge is 0.393 e. The molecule has 108 valence electrons. The number of para-hydroxylation sites is 1. The van der Waals surface area contributed by atoms with Gasteiger partial charge in [-0.15, -0.1) is 0 Å². The maximum atomic E-state index is 12.0. The molecule has 1 aliphatic carbocycles. The Kier molecular flexibility index (Phi) is 4.57. The van der Waals surface area contributed by atoms with Crippen LogP contribution in [0.25, 0.3) is 0 Å². The normalized spacial score (nSPS) is 21.7. The molecule has 2 N–H and O–H groups in total. The average Bonchev–Trinajstić information content (AvgIpc) is 2.81. The van der Waals surface area contributed by atoms with Crippen LogP contribution < -0.4 is 5.32 Å². The van der Waals surface area contributed by atoms with Crippen LogP contribution >= 0.6 is 11.6 Å². The summed E-state index contributed by atoms with van der Waals surface area (Å²) in [6.45, 7) is 0.402. The van der Waals surface area contributed by atoms with E-state index in [1.807, 2.05) is 0 Å². The van der Waals surface area contributed by atoms with Crippen LogP contribution in [0.1, 0.15) is 29.6 Å². The van der Waals surface area contributed by atoms with Gasteiger partial charge in [0.1, 0.15) is 10.6 Å². The molecular weight excluding hydrogens is 284 g/mol. The van der Waals surface area contributed by atoms with Crippen molar-refractivity contribution in [1.82, 2.24) is 5.32 Å². The second-order valence-electron chi connectivity index (χ2n) is 4.94. The van der Waals surface area contributed by atoms with Crippen molar-refractivity contribution >= 4 is 23.2 Å². The first-order valence-corrected chi connectivity index (χ1v) is 6.76. The van der Waals surface area contributed by atoms with E-state index in [1.54, 1.807) is 0 Å². The summed E-state index contributed by atoms with van der Waals surface area (Å²) in [6.07, 6.45) is 1.92. The van der Waals surface area contributed by atoms with Crippen molar-refractivity contribution < 1.29 is 14.8 Å². The highest BCUT2D eigenvalue weighted by Gasteiger charge is 2.26. The summed E-state index contributed by atoms with van der Waals surface area (Å²) in [5, 5.41) is 23.0. The number of amides is 1. The van der Waals surface area contributed by atoms with Crippen molar-refractivity contribution in [3.63, 3.8) is 0 Å². The number of nitro groups is 1. The predicted octanol–water partition coefficient (Wildman–Crippen LogP) is 2.14. The number of aliphatic hydroxyl groups is 1. The Morgan fingerprint density at radius 1 is 1.50 bits per heavy atom. The number of carbonyl (C=O) groups excluding carboxylic acids is 1. The summed E-state index contributed by atoms with van der Waals surface area (Å²) >= 11 is 5.76. The molecule has 2 atom stereocenters. The second kappa shape index (κ2) is 6.19. The molecule has 7 heteroatoms. The summed E-state index contributed by atoms with van der Waals surface area (Å²) in [5.74, 6) is -0.298. The van der Waals surface area contributed by atoms with Crippen LogP contribution in [-0.4, -0.2) is 28.6 Å². The fraction of sp³-hybridized carbons (Fsp3) is 0.462. The molecule has 1 saturated carbocycles. The van der Waals surface area contributed by atoms with Gasteiger partial charge in [0.05, 0.1) is 11.0 Å². The number of hydrogen-bond donors (Lipinski definition) is 2. The molecule has 2 unspecified atom stereocenters. The number of benzene rings is 1. The molecule has 0 radical (unpaired) electrons. The summed E-state index contributed by atoms with van der Waals surface area (Å²) in [6, 6.07) is 4.26. The molecule has 0 aromatic heterocycles. The van der Waals surface area contributed by atoms with Crippen molar-refractivity contribution in [2.45, 2.75) is 25.4 Å². The lowest BCUT2D eigenvalue weighted by Crippen LogP contribution is -2.29. The fourth-order valence-corrected chi connectivity index (χ4v) is 2.69. The standard InChI is InChI=1S/C13H15ClN2O4/c14-11-3-1-2-10(12(11)16(19)20)13(18)15-7-8-4-5-9(17)6-8/h1-3,8-9,17H,4-7H2,(H,15,18). The van der Waals surface area contributed by atoms with Crippen LogP contribution in [0, 0.1) is 16.0 Å². The van der Waals surface area contributed by atoms with E-state index in [-0.39, 0.29) is 28.3 Å². The molecule has 0 bridgehead atoms. The Morgan fingerprint density at radius 2 is 2.25 bits per heavy atom. The molecular formula is C13H15ClN2O4. The first kappa shape index (κ1) is 14.7. The number of carbonyl (C=O) groups is 1. The minimum absolute atomic E-state index is 0.0407. The van der Waals surface area contributed by atoms with Crippen molar-refractivity contribution in [2.24, 2.45) is 5.92 Å². The maximum Gasteiger partial charge on any atom is 0.300 e. The van der Waals surface area contributed by atoms with E-state index in [1.165, 1.54) is 18.2 Å². The van der Waals surface area contributed by atoms with E-state index >= 15 is 0 Å². The molecule has 1 aromatic carbocycles. The van der Waals surface area contributed by atoms with Gasteiger partial charge in [0, 0.05) is 6.54 Å². The van der Waals surface area contributed by atoms with Crippen LogP contribution in [0.2, 0.25) is 5.02 Å². The highest BCUT2D eigenvalue weighted by molar-refractivity contribution is 6.33. The van der Waals surface area contributed by atoms with Gasteiger partial charge in [-0.2, -0.15) is 0 Å². The monoisotopic (exact) mass is 298 g/mol. The Bertz CT molecular complexity index is 535. The third-order valence-corrected chi connectivity index (χ3v) is 3.78. The summed E-state index contributed by atoms with van der Waals surface area (Å²) in [7, 11) is 0. The van der Waals surface area contributed by atoms with Crippen molar-refractivity contribution in [2.75, 3.05) is 6.54 Å². The van der Waals surface area contributed by atoms with Gasteiger partial charge >= 0.3 is 5.69 Å². The zero-order valence-corrected chi connectivity index (χ0v) is 11.5. The zero-order chi connectivity index (χ0) is 14.7. The van der Waals surface area contributed by atoms with Gasteiger partial charge in [-0.25, -0.2) is 0 Å². The zero-order valence-electron chi connectivity index (χ0n) is 10.7. The molecule has 0 heterocycles. The SMILES string of the molecule is O=C(NCC1CCC(O)C1)c1cccc(Cl)c1[N+](=O)[O-]. The molecule has 1 amide bonds. The first-order valence-electron chi connectivity index (χ1n) is 6.38. The maximum absolute atomic E-state index is 12.0. The van der Waals surface area contributed by atoms with Crippen molar-refractivity contribution in [3.05, 3.63) is 38.9 Å². The summed E-state index contributed by atoms with van der Waals surface area (Å²) in [5.41, 5.74) is -0.417.